The van der Waals surface area contributed by atoms with Gasteiger partial charge in [0.1, 0.15) is 0 Å². The first-order valence-electron chi connectivity index (χ1n) is 9.13. The second kappa shape index (κ2) is 5.92. The topological polar surface area (TPSA) is 0 Å². The second-order valence-corrected chi connectivity index (χ2v) is 8.61. The molecule has 3 rings (SSSR count). The number of rotatable bonds is 2. The molecule has 0 bridgehead atoms. The normalized spacial score (nSPS) is 18.6. The van der Waals surface area contributed by atoms with Crippen molar-refractivity contribution in [2.45, 2.75) is 65.2 Å². The van der Waals surface area contributed by atoms with Crippen LogP contribution >= 0.6 is 0 Å². The summed E-state index contributed by atoms with van der Waals surface area (Å²) in [6.07, 6.45) is 6.80. The molecule has 0 heteroatoms. The maximum absolute atomic E-state index is 2.47. The predicted molar refractivity (Wildman–Crippen MR) is 107 cm³/mol. The number of benzene rings is 2. The Labute approximate surface area is 147 Å². The average Bonchev–Trinajstić information content (AvgIpc) is 2.52. The number of aryl methyl sites for hydroxylation is 1. The minimum atomic E-state index is 0.258. The Morgan fingerprint density at radius 2 is 1.50 bits per heavy atom. The lowest BCUT2D eigenvalue weighted by Gasteiger charge is -2.42. The monoisotopic (exact) mass is 318 g/mol. The van der Waals surface area contributed by atoms with Crippen molar-refractivity contribution in [2.24, 2.45) is 0 Å². The van der Waals surface area contributed by atoms with Crippen LogP contribution in [0.3, 0.4) is 0 Å². The molecule has 1 aliphatic rings. The van der Waals surface area contributed by atoms with Crippen molar-refractivity contribution in [3.63, 3.8) is 0 Å². The van der Waals surface area contributed by atoms with Gasteiger partial charge in [-0.2, -0.15) is 0 Å². The summed E-state index contributed by atoms with van der Waals surface area (Å²) in [6, 6.07) is 13.8. The number of hydrogen-bond acceptors (Lipinski definition) is 0. The molecule has 0 spiro atoms. The van der Waals surface area contributed by atoms with E-state index >= 15 is 0 Å². The Hall–Kier alpha value is -1.82. The third kappa shape index (κ3) is 2.95. The van der Waals surface area contributed by atoms with Crippen LogP contribution in [0.15, 0.2) is 42.5 Å². The summed E-state index contributed by atoms with van der Waals surface area (Å²) in [6.45, 7) is 13.9. The molecule has 0 saturated heterocycles. The lowest BCUT2D eigenvalue weighted by Crippen LogP contribution is -2.34. The van der Waals surface area contributed by atoms with Crippen LogP contribution in [0.25, 0.3) is 17.2 Å². The zero-order chi connectivity index (χ0) is 17.5. The molecule has 0 aliphatic heterocycles. The first kappa shape index (κ1) is 17.0. The summed E-state index contributed by atoms with van der Waals surface area (Å²) in [7, 11) is 0. The summed E-state index contributed by atoms with van der Waals surface area (Å²) < 4.78 is 0. The third-order valence-electron chi connectivity index (χ3n) is 5.75. The standard InChI is InChI=1S/C24H30/c1-7-9-18-10-8-11-19(15-18)20-16-22-21(14-17(20)2)23(3,4)12-13-24(22,5)6/h7-11,14-16H,12-13H2,1-6H3/b9-7+. The molecule has 0 heterocycles. The van der Waals surface area contributed by atoms with Gasteiger partial charge in [0.25, 0.3) is 0 Å². The average molecular weight is 319 g/mol. The first-order chi connectivity index (χ1) is 11.2. The van der Waals surface area contributed by atoms with Gasteiger partial charge in [-0.05, 0) is 77.0 Å². The largest absolute Gasteiger partial charge is 0.0871 e. The van der Waals surface area contributed by atoms with Gasteiger partial charge in [0.05, 0.1) is 0 Å². The van der Waals surface area contributed by atoms with E-state index in [4.69, 9.17) is 0 Å². The van der Waals surface area contributed by atoms with Gasteiger partial charge in [-0.1, -0.05) is 70.2 Å². The van der Waals surface area contributed by atoms with E-state index in [-0.39, 0.29) is 10.8 Å². The first-order valence-corrected chi connectivity index (χ1v) is 9.13. The quantitative estimate of drug-likeness (QED) is 0.557. The molecule has 0 unspecified atom stereocenters. The SMILES string of the molecule is C/C=C/c1cccc(-c2cc3c(cc2C)C(C)(C)CCC3(C)C)c1. The van der Waals surface area contributed by atoms with E-state index < -0.39 is 0 Å². The fraction of sp³-hybridized carbons (Fsp3) is 0.417. The summed E-state index contributed by atoms with van der Waals surface area (Å²) in [5.41, 5.74) is 8.98. The summed E-state index contributed by atoms with van der Waals surface area (Å²) in [5, 5.41) is 0. The number of fused-ring (bicyclic) bond motifs is 1. The molecule has 0 amide bonds. The fourth-order valence-electron chi connectivity index (χ4n) is 4.04. The van der Waals surface area contributed by atoms with Crippen molar-refractivity contribution in [1.82, 2.24) is 0 Å². The van der Waals surface area contributed by atoms with Gasteiger partial charge in [0, 0.05) is 0 Å². The summed E-state index contributed by atoms with van der Waals surface area (Å²) >= 11 is 0. The van der Waals surface area contributed by atoms with Crippen LogP contribution < -0.4 is 0 Å². The zero-order valence-corrected chi connectivity index (χ0v) is 16.0. The van der Waals surface area contributed by atoms with Crippen molar-refractivity contribution in [3.8, 4) is 11.1 Å². The van der Waals surface area contributed by atoms with Gasteiger partial charge in [0.2, 0.25) is 0 Å². The summed E-state index contributed by atoms with van der Waals surface area (Å²) in [5.74, 6) is 0. The maximum Gasteiger partial charge on any atom is -0.0100 e. The Kier molecular flexibility index (Phi) is 4.20. The van der Waals surface area contributed by atoms with E-state index in [0.29, 0.717) is 0 Å². The molecule has 2 aromatic carbocycles. The van der Waals surface area contributed by atoms with Gasteiger partial charge in [-0.15, -0.1) is 0 Å². The molecule has 1 aliphatic carbocycles. The Balaban J connectivity index is 2.20. The van der Waals surface area contributed by atoms with E-state index in [1.54, 1.807) is 5.56 Å². The molecule has 0 atom stereocenters. The number of hydrogen-bond donors (Lipinski definition) is 0. The van der Waals surface area contributed by atoms with Crippen molar-refractivity contribution in [3.05, 3.63) is 64.7 Å². The molecule has 2 aromatic rings. The van der Waals surface area contributed by atoms with Crippen LogP contribution in [-0.2, 0) is 10.8 Å². The molecular weight excluding hydrogens is 288 g/mol. The minimum Gasteiger partial charge on any atom is -0.0871 e. The van der Waals surface area contributed by atoms with E-state index in [0.717, 1.165) is 0 Å². The molecule has 0 nitrogen and oxygen atoms in total. The highest BCUT2D eigenvalue weighted by Crippen LogP contribution is 2.47. The van der Waals surface area contributed by atoms with E-state index in [1.165, 1.54) is 40.7 Å². The molecular formula is C24H30. The maximum atomic E-state index is 2.47. The molecule has 0 saturated carbocycles. The van der Waals surface area contributed by atoms with Crippen molar-refractivity contribution in [1.29, 1.82) is 0 Å². The van der Waals surface area contributed by atoms with Crippen LogP contribution in [0.2, 0.25) is 0 Å². The van der Waals surface area contributed by atoms with Gasteiger partial charge < -0.3 is 0 Å². The van der Waals surface area contributed by atoms with Crippen LogP contribution in [0.5, 0.6) is 0 Å². The van der Waals surface area contributed by atoms with Crippen molar-refractivity contribution in [2.75, 3.05) is 0 Å². The molecule has 0 aromatic heterocycles. The lowest BCUT2D eigenvalue weighted by atomic mass is 9.62. The van der Waals surface area contributed by atoms with Crippen LogP contribution in [-0.4, -0.2) is 0 Å². The van der Waals surface area contributed by atoms with E-state index in [2.05, 4.69) is 90.1 Å². The van der Waals surface area contributed by atoms with E-state index in [1.807, 2.05) is 0 Å². The fourth-order valence-corrected chi connectivity index (χ4v) is 4.04. The van der Waals surface area contributed by atoms with E-state index in [9.17, 15) is 0 Å². The van der Waals surface area contributed by atoms with Gasteiger partial charge in [0.15, 0.2) is 0 Å². The highest BCUT2D eigenvalue weighted by Gasteiger charge is 2.37. The molecule has 0 radical (unpaired) electrons. The molecule has 0 N–H and O–H groups in total. The Bertz CT molecular complexity index is 788. The highest BCUT2D eigenvalue weighted by molar-refractivity contribution is 5.72. The number of allylic oxidation sites excluding steroid dienone is 1. The predicted octanol–water partition coefficient (Wildman–Crippen LogP) is 7.04. The van der Waals surface area contributed by atoms with Crippen LogP contribution in [0.4, 0.5) is 0 Å². The smallest absolute Gasteiger partial charge is 0.0100 e. The van der Waals surface area contributed by atoms with Gasteiger partial charge in [-0.25, -0.2) is 0 Å². The Morgan fingerprint density at radius 3 is 2.12 bits per heavy atom. The molecule has 126 valence electrons. The Morgan fingerprint density at radius 1 is 0.875 bits per heavy atom. The van der Waals surface area contributed by atoms with Gasteiger partial charge >= 0.3 is 0 Å². The third-order valence-corrected chi connectivity index (χ3v) is 5.75. The zero-order valence-electron chi connectivity index (χ0n) is 16.0. The highest BCUT2D eigenvalue weighted by atomic mass is 14.4. The molecule has 24 heavy (non-hydrogen) atoms. The minimum absolute atomic E-state index is 0.258. The van der Waals surface area contributed by atoms with Crippen molar-refractivity contribution >= 4 is 6.08 Å². The second-order valence-electron chi connectivity index (χ2n) is 8.61. The van der Waals surface area contributed by atoms with Crippen LogP contribution in [0.1, 0.15) is 69.7 Å². The van der Waals surface area contributed by atoms with Gasteiger partial charge in [-0.3, -0.25) is 0 Å². The van der Waals surface area contributed by atoms with Crippen molar-refractivity contribution < 1.29 is 0 Å². The molecule has 0 fully saturated rings. The van der Waals surface area contributed by atoms with Crippen LogP contribution in [0, 0.1) is 6.92 Å². The summed E-state index contributed by atoms with van der Waals surface area (Å²) in [4.78, 5) is 0. The lowest BCUT2D eigenvalue weighted by molar-refractivity contribution is 0.332.